The number of aromatic nitrogens is 2. The Labute approximate surface area is 157 Å². The van der Waals surface area contributed by atoms with Crippen molar-refractivity contribution in [2.24, 2.45) is 7.05 Å². The molecule has 2 atom stereocenters. The molecule has 3 aliphatic heterocycles. The normalized spacial score (nSPS) is 25.9. The van der Waals surface area contributed by atoms with Crippen molar-refractivity contribution in [3.8, 4) is 0 Å². The fraction of sp³-hybridized carbons (Fsp3) is 0.526. The second-order valence-electron chi connectivity index (χ2n) is 7.69. The lowest BCUT2D eigenvalue weighted by atomic mass is 9.89. The maximum atomic E-state index is 12.9. The van der Waals surface area contributed by atoms with Crippen molar-refractivity contribution < 1.29 is 14.3 Å². The number of hydrogen-bond acceptors (Lipinski definition) is 4. The van der Waals surface area contributed by atoms with Crippen molar-refractivity contribution in [1.82, 2.24) is 24.9 Å². The molecule has 0 radical (unpaired) electrons. The van der Waals surface area contributed by atoms with Gasteiger partial charge in [-0.3, -0.25) is 9.48 Å². The van der Waals surface area contributed by atoms with E-state index in [1.165, 1.54) is 10.9 Å². The second kappa shape index (κ2) is 6.23. The lowest BCUT2D eigenvalue weighted by Gasteiger charge is -2.46. The molecule has 8 nitrogen and oxygen atoms in total. The second-order valence-corrected chi connectivity index (χ2v) is 7.69. The van der Waals surface area contributed by atoms with Crippen LogP contribution in [0.3, 0.4) is 0 Å². The van der Waals surface area contributed by atoms with E-state index < -0.39 is 0 Å². The van der Waals surface area contributed by atoms with Crippen LogP contribution in [-0.4, -0.2) is 76.5 Å². The highest BCUT2D eigenvalue weighted by Crippen LogP contribution is 2.33. The van der Waals surface area contributed by atoms with Crippen LogP contribution in [0.4, 0.5) is 4.79 Å². The first kappa shape index (κ1) is 16.6. The molecular weight excluding hydrogens is 346 g/mol. The summed E-state index contributed by atoms with van der Waals surface area (Å²) in [6.45, 7) is 2.77. The monoisotopic (exact) mass is 369 g/mol. The summed E-state index contributed by atoms with van der Waals surface area (Å²) >= 11 is 0. The predicted octanol–water partition coefficient (Wildman–Crippen LogP) is 0.682. The van der Waals surface area contributed by atoms with Crippen molar-refractivity contribution in [2.75, 3.05) is 32.8 Å². The van der Waals surface area contributed by atoms with Crippen LogP contribution in [0.2, 0.25) is 0 Å². The molecule has 0 unspecified atom stereocenters. The van der Waals surface area contributed by atoms with Crippen molar-refractivity contribution in [2.45, 2.75) is 24.5 Å². The van der Waals surface area contributed by atoms with E-state index in [1.54, 1.807) is 0 Å². The van der Waals surface area contributed by atoms with Crippen molar-refractivity contribution in [3.63, 3.8) is 0 Å². The van der Waals surface area contributed by atoms with Gasteiger partial charge in [0.15, 0.2) is 0 Å². The molecule has 3 amide bonds. The molecule has 2 aromatic rings. The molecule has 3 saturated heterocycles. The van der Waals surface area contributed by atoms with Gasteiger partial charge in [0.1, 0.15) is 6.61 Å². The number of likely N-dealkylation sites (tertiary alicyclic amines) is 2. The van der Waals surface area contributed by atoms with E-state index in [-0.39, 0.29) is 30.7 Å². The third kappa shape index (κ3) is 2.75. The average molecular weight is 369 g/mol. The molecule has 3 fully saturated rings. The Morgan fingerprint density at radius 2 is 2.11 bits per heavy atom. The first-order chi connectivity index (χ1) is 13.1. The topological polar surface area (TPSA) is 79.7 Å². The number of nitrogens with one attached hydrogen (secondary N) is 1. The van der Waals surface area contributed by atoms with Gasteiger partial charge in [-0.1, -0.05) is 12.1 Å². The Balaban J connectivity index is 1.24. The van der Waals surface area contributed by atoms with Crippen molar-refractivity contribution in [1.29, 1.82) is 0 Å². The van der Waals surface area contributed by atoms with Gasteiger partial charge in [0.25, 0.3) is 0 Å². The number of ether oxygens (including phenoxy) is 1. The maximum Gasteiger partial charge on any atom is 0.320 e. The zero-order valence-electron chi connectivity index (χ0n) is 15.3. The minimum absolute atomic E-state index is 0.0269. The highest BCUT2D eigenvalue weighted by atomic mass is 16.5. The van der Waals surface area contributed by atoms with Gasteiger partial charge in [-0.15, -0.1) is 0 Å². The fourth-order valence-electron chi connectivity index (χ4n) is 4.46. The van der Waals surface area contributed by atoms with Gasteiger partial charge in [0, 0.05) is 44.5 Å². The first-order valence-corrected chi connectivity index (χ1v) is 9.45. The largest absolute Gasteiger partial charge is 0.366 e. The minimum atomic E-state index is -0.0980. The van der Waals surface area contributed by atoms with Crippen LogP contribution in [-0.2, 0) is 16.6 Å². The van der Waals surface area contributed by atoms with Crippen LogP contribution in [0, 0.1) is 0 Å². The Kier molecular flexibility index (Phi) is 3.82. The highest BCUT2D eigenvalue weighted by molar-refractivity contribution is 5.84. The number of carbonyl (C=O) groups excluding carboxylic acids is 2. The van der Waals surface area contributed by atoms with Crippen molar-refractivity contribution in [3.05, 3.63) is 30.0 Å². The van der Waals surface area contributed by atoms with Gasteiger partial charge < -0.3 is 19.9 Å². The standard InChI is InChI=1S/C19H23N5O3/c1-22-16-4-2-3-13(14(16)7-20-22)12-8-24(9-12)19(26)23-6-5-17-15(10-23)21-18(25)11-27-17/h2-4,7,12,15,17H,5-6,8-11H2,1H3,(H,21,25)/t15-,17+/m1/s1. The number of morpholine rings is 1. The van der Waals surface area contributed by atoms with Crippen LogP contribution in [0.5, 0.6) is 0 Å². The van der Waals surface area contributed by atoms with E-state index in [9.17, 15) is 9.59 Å². The van der Waals surface area contributed by atoms with Crippen LogP contribution in [0.25, 0.3) is 10.9 Å². The van der Waals surface area contributed by atoms with Crippen molar-refractivity contribution >= 4 is 22.8 Å². The summed E-state index contributed by atoms with van der Waals surface area (Å²) in [6, 6.07) is 6.23. The third-order valence-electron chi connectivity index (χ3n) is 6.01. The number of urea groups is 1. The Morgan fingerprint density at radius 1 is 1.26 bits per heavy atom. The summed E-state index contributed by atoms with van der Waals surface area (Å²) in [5, 5.41) is 8.47. The predicted molar refractivity (Wildman–Crippen MR) is 98.3 cm³/mol. The minimum Gasteiger partial charge on any atom is -0.366 e. The summed E-state index contributed by atoms with van der Waals surface area (Å²) in [7, 11) is 1.94. The van der Waals surface area contributed by atoms with Crippen LogP contribution in [0.1, 0.15) is 17.9 Å². The summed E-state index contributed by atoms with van der Waals surface area (Å²) in [5.41, 5.74) is 2.38. The van der Waals surface area contributed by atoms with Gasteiger partial charge in [-0.2, -0.15) is 5.10 Å². The van der Waals surface area contributed by atoms with Crippen LogP contribution >= 0.6 is 0 Å². The number of piperidine rings is 1. The molecule has 1 aromatic heterocycles. The summed E-state index contributed by atoms with van der Waals surface area (Å²) < 4.78 is 7.45. The molecule has 1 N–H and O–H groups in total. The summed E-state index contributed by atoms with van der Waals surface area (Å²) in [6.07, 6.45) is 2.70. The maximum absolute atomic E-state index is 12.9. The number of nitrogens with zero attached hydrogens (tertiary/aromatic N) is 4. The lowest BCUT2D eigenvalue weighted by molar-refractivity contribution is -0.139. The fourth-order valence-corrected chi connectivity index (χ4v) is 4.46. The molecule has 27 heavy (non-hydrogen) atoms. The van der Waals surface area contributed by atoms with E-state index in [0.717, 1.165) is 25.0 Å². The number of aryl methyl sites for hydroxylation is 1. The lowest BCUT2D eigenvalue weighted by Crippen LogP contribution is -2.63. The molecule has 8 heteroatoms. The molecule has 4 heterocycles. The number of carbonyl (C=O) groups is 2. The zero-order valence-corrected chi connectivity index (χ0v) is 15.3. The quantitative estimate of drug-likeness (QED) is 0.802. The number of rotatable bonds is 1. The Bertz CT molecular complexity index is 904. The third-order valence-corrected chi connectivity index (χ3v) is 6.01. The number of hydrogen-bond donors (Lipinski definition) is 1. The van der Waals surface area contributed by atoms with Crippen LogP contribution < -0.4 is 5.32 Å². The number of benzene rings is 1. The van der Waals surface area contributed by atoms with Gasteiger partial charge in [0.05, 0.1) is 23.9 Å². The SMILES string of the molecule is Cn1ncc2c(C3CN(C(=O)N4CC[C@@H]5OCC(=O)N[C@@H]5C4)C3)cccc21. The molecule has 0 bridgehead atoms. The van der Waals surface area contributed by atoms with Crippen LogP contribution in [0.15, 0.2) is 24.4 Å². The van der Waals surface area contributed by atoms with E-state index in [2.05, 4.69) is 28.6 Å². The summed E-state index contributed by atoms with van der Waals surface area (Å²) in [4.78, 5) is 28.1. The molecular formula is C19H23N5O3. The Hall–Kier alpha value is -2.61. The van der Waals surface area contributed by atoms with Gasteiger partial charge in [-0.25, -0.2) is 4.79 Å². The Morgan fingerprint density at radius 3 is 2.96 bits per heavy atom. The van der Waals surface area contributed by atoms with Gasteiger partial charge >= 0.3 is 6.03 Å². The molecule has 5 rings (SSSR count). The highest BCUT2D eigenvalue weighted by Gasteiger charge is 2.40. The zero-order chi connectivity index (χ0) is 18.5. The van der Waals surface area contributed by atoms with E-state index >= 15 is 0 Å². The van der Waals surface area contributed by atoms with E-state index in [4.69, 9.17) is 4.74 Å². The average Bonchev–Trinajstić information content (AvgIpc) is 3.02. The molecule has 0 aliphatic carbocycles. The smallest absolute Gasteiger partial charge is 0.320 e. The molecule has 1 aromatic carbocycles. The summed E-state index contributed by atoms with van der Waals surface area (Å²) in [5.74, 6) is 0.247. The van der Waals surface area contributed by atoms with Gasteiger partial charge in [-0.05, 0) is 18.1 Å². The van der Waals surface area contributed by atoms with E-state index in [0.29, 0.717) is 19.0 Å². The molecule has 0 saturated carbocycles. The number of fused-ring (bicyclic) bond motifs is 2. The molecule has 3 aliphatic rings. The van der Waals surface area contributed by atoms with E-state index in [1.807, 2.05) is 27.7 Å². The first-order valence-electron chi connectivity index (χ1n) is 9.45. The van der Waals surface area contributed by atoms with Gasteiger partial charge in [0.2, 0.25) is 5.91 Å². The molecule has 142 valence electrons. The molecule has 0 spiro atoms. The number of amides is 3.